The highest BCUT2D eigenvalue weighted by molar-refractivity contribution is 5.41. The zero-order valence-electron chi connectivity index (χ0n) is 7.40. The topological polar surface area (TPSA) is 46.2 Å². The Bertz CT molecular complexity index is 314. The third kappa shape index (κ3) is 2.32. The van der Waals surface area contributed by atoms with Crippen molar-refractivity contribution >= 4 is 0 Å². The predicted octanol–water partition coefficient (Wildman–Crippen LogP) is 1.05. The molecule has 3 N–H and O–H groups in total. The maximum absolute atomic E-state index is 8.73. The van der Waals surface area contributed by atoms with E-state index in [1.165, 1.54) is 0 Å². The Kier molecular flexibility index (Phi) is 3.51. The van der Waals surface area contributed by atoms with Crippen molar-refractivity contribution in [2.45, 2.75) is 12.5 Å². The first-order chi connectivity index (χ1) is 6.29. The monoisotopic (exact) mass is 175 g/mol. The Morgan fingerprint density at radius 2 is 2.15 bits per heavy atom. The molecule has 0 spiro atoms. The van der Waals surface area contributed by atoms with Crippen LogP contribution >= 0.6 is 0 Å². The lowest BCUT2D eigenvalue weighted by Gasteiger charge is -2.11. The summed E-state index contributed by atoms with van der Waals surface area (Å²) in [5, 5.41) is 8.73. The van der Waals surface area contributed by atoms with Crippen molar-refractivity contribution in [1.82, 2.24) is 0 Å². The summed E-state index contributed by atoms with van der Waals surface area (Å²) in [6, 6.07) is 7.36. The van der Waals surface area contributed by atoms with Gasteiger partial charge in [-0.2, -0.15) is 0 Å². The van der Waals surface area contributed by atoms with Crippen LogP contribution in [0.5, 0.6) is 0 Å². The van der Waals surface area contributed by atoms with E-state index in [1.54, 1.807) is 0 Å². The van der Waals surface area contributed by atoms with Gasteiger partial charge in [0.15, 0.2) is 0 Å². The molecular formula is C11H13NO. The number of hydrogen-bond donors (Lipinski definition) is 2. The van der Waals surface area contributed by atoms with Gasteiger partial charge in [-0.3, -0.25) is 0 Å². The molecule has 0 bridgehead atoms. The molecule has 1 aromatic rings. The van der Waals surface area contributed by atoms with Crippen molar-refractivity contribution in [3.8, 4) is 12.3 Å². The van der Waals surface area contributed by atoms with Crippen molar-refractivity contribution in [1.29, 1.82) is 0 Å². The fraction of sp³-hybridized carbons (Fsp3) is 0.273. The van der Waals surface area contributed by atoms with Crippen LogP contribution in [0.4, 0.5) is 0 Å². The minimum Gasteiger partial charge on any atom is -0.396 e. The third-order valence-electron chi connectivity index (χ3n) is 1.96. The van der Waals surface area contributed by atoms with E-state index in [9.17, 15) is 0 Å². The zero-order chi connectivity index (χ0) is 9.68. The van der Waals surface area contributed by atoms with Crippen molar-refractivity contribution in [2.75, 3.05) is 6.61 Å². The molecule has 2 nitrogen and oxygen atoms in total. The maximum atomic E-state index is 8.73. The van der Waals surface area contributed by atoms with Gasteiger partial charge < -0.3 is 10.8 Å². The highest BCUT2D eigenvalue weighted by Crippen LogP contribution is 2.17. The first kappa shape index (κ1) is 9.79. The quantitative estimate of drug-likeness (QED) is 0.674. The van der Waals surface area contributed by atoms with E-state index in [4.69, 9.17) is 17.3 Å². The molecule has 0 radical (unpaired) electrons. The van der Waals surface area contributed by atoms with Crippen LogP contribution in [0, 0.1) is 12.3 Å². The highest BCUT2D eigenvalue weighted by atomic mass is 16.3. The molecule has 1 aromatic carbocycles. The molecule has 1 rings (SSSR count). The largest absolute Gasteiger partial charge is 0.396 e. The van der Waals surface area contributed by atoms with Gasteiger partial charge >= 0.3 is 0 Å². The van der Waals surface area contributed by atoms with E-state index in [2.05, 4.69) is 5.92 Å². The molecule has 13 heavy (non-hydrogen) atoms. The Morgan fingerprint density at radius 1 is 1.46 bits per heavy atom. The van der Waals surface area contributed by atoms with Gasteiger partial charge in [-0.05, 0) is 18.1 Å². The number of terminal acetylenes is 1. The van der Waals surface area contributed by atoms with E-state index in [0.29, 0.717) is 6.42 Å². The van der Waals surface area contributed by atoms with Gasteiger partial charge in [0.05, 0.1) is 0 Å². The normalized spacial score (nSPS) is 12.1. The molecule has 0 amide bonds. The summed E-state index contributed by atoms with van der Waals surface area (Å²) in [5.74, 6) is 2.57. The lowest BCUT2D eigenvalue weighted by atomic mass is 9.99. The van der Waals surface area contributed by atoms with Crippen LogP contribution in [0.1, 0.15) is 23.6 Å². The molecular weight excluding hydrogens is 162 g/mol. The van der Waals surface area contributed by atoms with Crippen LogP contribution in [0.2, 0.25) is 0 Å². The van der Waals surface area contributed by atoms with Gasteiger partial charge in [-0.25, -0.2) is 0 Å². The van der Waals surface area contributed by atoms with E-state index >= 15 is 0 Å². The first-order valence-electron chi connectivity index (χ1n) is 4.21. The number of aliphatic hydroxyl groups is 1. The molecule has 0 fully saturated rings. The van der Waals surface area contributed by atoms with Crippen LogP contribution in [0.3, 0.4) is 0 Å². The van der Waals surface area contributed by atoms with Gasteiger partial charge in [0, 0.05) is 18.2 Å². The number of aliphatic hydroxyl groups excluding tert-OH is 1. The van der Waals surface area contributed by atoms with Crippen molar-refractivity contribution in [3.63, 3.8) is 0 Å². The maximum Gasteiger partial charge on any atom is 0.0449 e. The van der Waals surface area contributed by atoms with Gasteiger partial charge in [-0.15, -0.1) is 6.42 Å². The Balaban J connectivity index is 2.93. The van der Waals surface area contributed by atoms with Gasteiger partial charge in [0.25, 0.3) is 0 Å². The van der Waals surface area contributed by atoms with Crippen molar-refractivity contribution < 1.29 is 5.11 Å². The van der Waals surface area contributed by atoms with Crippen LogP contribution in [0.25, 0.3) is 0 Å². The number of hydrogen-bond acceptors (Lipinski definition) is 2. The molecule has 0 heterocycles. The average molecular weight is 175 g/mol. The smallest absolute Gasteiger partial charge is 0.0449 e. The summed E-state index contributed by atoms with van der Waals surface area (Å²) in [7, 11) is 0. The van der Waals surface area contributed by atoms with E-state index in [-0.39, 0.29) is 12.6 Å². The molecule has 68 valence electrons. The van der Waals surface area contributed by atoms with Crippen LogP contribution in [-0.2, 0) is 0 Å². The summed E-state index contributed by atoms with van der Waals surface area (Å²) < 4.78 is 0. The third-order valence-corrected chi connectivity index (χ3v) is 1.96. The predicted molar refractivity (Wildman–Crippen MR) is 53.0 cm³/mol. The summed E-state index contributed by atoms with van der Waals surface area (Å²) in [4.78, 5) is 0. The molecule has 2 heteroatoms. The average Bonchev–Trinajstić information content (AvgIpc) is 2.18. The summed E-state index contributed by atoms with van der Waals surface area (Å²) in [5.41, 5.74) is 7.56. The molecule has 0 aliphatic rings. The number of nitrogens with two attached hydrogens (primary N) is 1. The fourth-order valence-corrected chi connectivity index (χ4v) is 1.25. The second-order valence-corrected chi connectivity index (χ2v) is 2.85. The Morgan fingerprint density at radius 3 is 2.77 bits per heavy atom. The second-order valence-electron chi connectivity index (χ2n) is 2.85. The summed E-state index contributed by atoms with van der Waals surface area (Å²) >= 11 is 0. The lowest BCUT2D eigenvalue weighted by Crippen LogP contribution is -2.13. The van der Waals surface area contributed by atoms with Gasteiger partial charge in [0.1, 0.15) is 0 Å². The van der Waals surface area contributed by atoms with Gasteiger partial charge in [-0.1, -0.05) is 24.1 Å². The molecule has 0 aromatic heterocycles. The summed E-state index contributed by atoms with van der Waals surface area (Å²) in [6.45, 7) is 0.0834. The molecule has 1 atom stereocenters. The molecule has 0 saturated carbocycles. The van der Waals surface area contributed by atoms with Crippen molar-refractivity contribution in [2.24, 2.45) is 5.73 Å². The van der Waals surface area contributed by atoms with E-state index in [0.717, 1.165) is 11.1 Å². The number of benzene rings is 1. The summed E-state index contributed by atoms with van der Waals surface area (Å²) in [6.07, 6.45) is 5.86. The van der Waals surface area contributed by atoms with Gasteiger partial charge in [0.2, 0.25) is 0 Å². The van der Waals surface area contributed by atoms with E-state index < -0.39 is 0 Å². The molecule has 1 unspecified atom stereocenters. The Labute approximate surface area is 78.4 Å². The van der Waals surface area contributed by atoms with Crippen LogP contribution in [-0.4, -0.2) is 11.7 Å². The molecule has 0 saturated heterocycles. The lowest BCUT2D eigenvalue weighted by molar-refractivity contribution is 0.276. The standard InChI is InChI=1S/C11H13NO/c1-2-9-5-3-4-6-10(9)11(12)7-8-13/h1,3-6,11,13H,7-8,12H2. The minimum absolute atomic E-state index is 0.0834. The van der Waals surface area contributed by atoms with Crippen molar-refractivity contribution in [3.05, 3.63) is 35.4 Å². The zero-order valence-corrected chi connectivity index (χ0v) is 7.40. The van der Waals surface area contributed by atoms with Crippen LogP contribution < -0.4 is 5.73 Å². The minimum atomic E-state index is -0.169. The first-order valence-corrected chi connectivity index (χ1v) is 4.21. The molecule has 0 aliphatic heterocycles. The Hall–Kier alpha value is -1.30. The highest BCUT2D eigenvalue weighted by Gasteiger charge is 2.07. The van der Waals surface area contributed by atoms with E-state index in [1.807, 2.05) is 24.3 Å². The second kappa shape index (κ2) is 4.66. The fourth-order valence-electron chi connectivity index (χ4n) is 1.25. The molecule has 0 aliphatic carbocycles. The van der Waals surface area contributed by atoms with Crippen LogP contribution in [0.15, 0.2) is 24.3 Å². The number of rotatable bonds is 3. The SMILES string of the molecule is C#Cc1ccccc1C(N)CCO.